The standard InChI is InChI=1S/C20H14F3N3O3/c1-11-8-16-17(29-20(22,23)28-16)9-14(11)12-6-7-18(25-10-12)26(24)19(27)13-4-2-3-5-15(13)21/h2-10H,24H2,1H3. The van der Waals surface area contributed by atoms with Crippen molar-refractivity contribution in [3.8, 4) is 22.6 Å². The molecule has 0 saturated heterocycles. The Kier molecular flexibility index (Phi) is 4.39. The molecule has 29 heavy (non-hydrogen) atoms. The van der Waals surface area contributed by atoms with E-state index in [-0.39, 0.29) is 22.9 Å². The van der Waals surface area contributed by atoms with Gasteiger partial charge in [0.2, 0.25) is 0 Å². The van der Waals surface area contributed by atoms with E-state index in [9.17, 15) is 18.0 Å². The summed E-state index contributed by atoms with van der Waals surface area (Å²) in [5, 5.41) is 0.731. The monoisotopic (exact) mass is 401 g/mol. The molecule has 148 valence electrons. The molecule has 0 aliphatic carbocycles. The number of amides is 1. The quantitative estimate of drug-likeness (QED) is 0.407. The molecule has 1 aliphatic heterocycles. The van der Waals surface area contributed by atoms with E-state index in [1.807, 2.05) is 0 Å². The van der Waals surface area contributed by atoms with Crippen LogP contribution < -0.4 is 20.3 Å². The molecule has 0 radical (unpaired) electrons. The number of nitrogens with two attached hydrogens (primary N) is 1. The van der Waals surface area contributed by atoms with Gasteiger partial charge in [0, 0.05) is 11.8 Å². The predicted molar refractivity (Wildman–Crippen MR) is 98.0 cm³/mol. The Morgan fingerprint density at radius 2 is 1.79 bits per heavy atom. The summed E-state index contributed by atoms with van der Waals surface area (Å²) < 4.78 is 49.2. The lowest BCUT2D eigenvalue weighted by atomic mass is 10.0. The minimum atomic E-state index is -3.71. The molecule has 2 N–H and O–H groups in total. The van der Waals surface area contributed by atoms with E-state index in [0.717, 1.165) is 11.1 Å². The third-order valence-electron chi connectivity index (χ3n) is 4.38. The number of hydrogen-bond acceptors (Lipinski definition) is 5. The number of carbonyl (C=O) groups excluding carboxylic acids is 1. The molecule has 0 saturated carbocycles. The van der Waals surface area contributed by atoms with E-state index in [2.05, 4.69) is 14.5 Å². The van der Waals surface area contributed by atoms with Gasteiger partial charge in [-0.15, -0.1) is 8.78 Å². The zero-order valence-electron chi connectivity index (χ0n) is 15.0. The molecule has 1 amide bonds. The number of rotatable bonds is 3. The second-order valence-electron chi connectivity index (χ2n) is 6.34. The number of anilines is 1. The van der Waals surface area contributed by atoms with Crippen LogP contribution in [0.25, 0.3) is 11.1 Å². The molecule has 0 unspecified atom stereocenters. The summed E-state index contributed by atoms with van der Waals surface area (Å²) in [6.07, 6.45) is -2.28. The lowest BCUT2D eigenvalue weighted by Gasteiger charge is -2.16. The Morgan fingerprint density at radius 1 is 1.10 bits per heavy atom. The zero-order valence-corrected chi connectivity index (χ0v) is 15.0. The van der Waals surface area contributed by atoms with Crippen molar-refractivity contribution >= 4 is 11.7 Å². The van der Waals surface area contributed by atoms with Gasteiger partial charge in [-0.05, 0) is 54.4 Å². The first kappa shape index (κ1) is 18.8. The number of alkyl halides is 2. The predicted octanol–water partition coefficient (Wildman–Crippen LogP) is 4.04. The highest BCUT2D eigenvalue weighted by Crippen LogP contribution is 2.44. The number of nitrogens with zero attached hydrogens (tertiary/aromatic N) is 2. The van der Waals surface area contributed by atoms with Crippen molar-refractivity contribution in [3.63, 3.8) is 0 Å². The fourth-order valence-electron chi connectivity index (χ4n) is 2.97. The fraction of sp³-hybridized carbons (Fsp3) is 0.100. The van der Waals surface area contributed by atoms with E-state index in [0.29, 0.717) is 16.7 Å². The average molecular weight is 401 g/mol. The maximum atomic E-state index is 13.8. The van der Waals surface area contributed by atoms with Crippen molar-refractivity contribution in [1.29, 1.82) is 0 Å². The van der Waals surface area contributed by atoms with E-state index in [4.69, 9.17) is 5.84 Å². The molecule has 0 atom stereocenters. The van der Waals surface area contributed by atoms with Gasteiger partial charge in [0.05, 0.1) is 5.56 Å². The molecule has 9 heteroatoms. The minimum Gasteiger partial charge on any atom is -0.395 e. The molecule has 4 rings (SSSR count). The number of halogens is 3. The normalized spacial score (nSPS) is 14.0. The topological polar surface area (TPSA) is 77.7 Å². The zero-order chi connectivity index (χ0) is 20.8. The van der Waals surface area contributed by atoms with Crippen molar-refractivity contribution in [2.75, 3.05) is 5.01 Å². The largest absolute Gasteiger partial charge is 0.586 e. The fourth-order valence-corrected chi connectivity index (χ4v) is 2.97. The van der Waals surface area contributed by atoms with Crippen LogP contribution in [0.3, 0.4) is 0 Å². The number of fused-ring (bicyclic) bond motifs is 1. The van der Waals surface area contributed by atoms with Gasteiger partial charge in [-0.25, -0.2) is 20.2 Å². The van der Waals surface area contributed by atoms with Gasteiger partial charge < -0.3 is 9.47 Å². The number of ether oxygens (including phenoxy) is 2. The van der Waals surface area contributed by atoms with Gasteiger partial charge in [-0.3, -0.25) is 4.79 Å². The first-order chi connectivity index (χ1) is 13.7. The number of benzene rings is 2. The summed E-state index contributed by atoms with van der Waals surface area (Å²) in [6, 6.07) is 11.4. The van der Waals surface area contributed by atoms with Crippen molar-refractivity contribution in [3.05, 3.63) is 71.7 Å². The summed E-state index contributed by atoms with van der Waals surface area (Å²) in [6.45, 7) is 1.72. The van der Waals surface area contributed by atoms with Crippen LogP contribution in [0.5, 0.6) is 11.5 Å². The molecule has 0 bridgehead atoms. The third kappa shape index (κ3) is 3.47. The van der Waals surface area contributed by atoms with Gasteiger partial charge in [-0.2, -0.15) is 0 Å². The van der Waals surface area contributed by atoms with E-state index >= 15 is 0 Å². The molecule has 1 aliphatic rings. The van der Waals surface area contributed by atoms with Crippen LogP contribution >= 0.6 is 0 Å². The van der Waals surface area contributed by atoms with Crippen LogP contribution in [-0.4, -0.2) is 17.2 Å². The number of aryl methyl sites for hydroxylation is 1. The first-order valence-corrected chi connectivity index (χ1v) is 8.46. The highest BCUT2D eigenvalue weighted by atomic mass is 19.3. The number of carbonyl (C=O) groups is 1. The molecular formula is C20H14F3N3O3. The molecule has 3 aromatic rings. The van der Waals surface area contributed by atoms with E-state index in [1.54, 1.807) is 13.0 Å². The summed E-state index contributed by atoms with van der Waals surface area (Å²) in [4.78, 5) is 16.5. The lowest BCUT2D eigenvalue weighted by Crippen LogP contribution is -2.38. The smallest absolute Gasteiger partial charge is 0.395 e. The van der Waals surface area contributed by atoms with Gasteiger partial charge in [0.1, 0.15) is 11.6 Å². The summed E-state index contributed by atoms with van der Waals surface area (Å²) in [5.74, 6) is 4.29. The van der Waals surface area contributed by atoms with Crippen LogP contribution in [-0.2, 0) is 0 Å². The summed E-state index contributed by atoms with van der Waals surface area (Å²) in [7, 11) is 0. The minimum absolute atomic E-state index is 0.0514. The highest BCUT2D eigenvalue weighted by molar-refractivity contribution is 6.04. The first-order valence-electron chi connectivity index (χ1n) is 8.46. The van der Waals surface area contributed by atoms with Crippen LogP contribution in [0.15, 0.2) is 54.7 Å². The maximum Gasteiger partial charge on any atom is 0.586 e. The third-order valence-corrected chi connectivity index (χ3v) is 4.38. The van der Waals surface area contributed by atoms with E-state index < -0.39 is 18.0 Å². The van der Waals surface area contributed by atoms with Crippen LogP contribution in [0.4, 0.5) is 19.0 Å². The van der Waals surface area contributed by atoms with Crippen molar-refractivity contribution in [2.45, 2.75) is 13.2 Å². The van der Waals surface area contributed by atoms with Crippen LogP contribution in [0, 0.1) is 12.7 Å². The number of aromatic nitrogens is 1. The summed E-state index contributed by atoms with van der Waals surface area (Å²) in [5.41, 5.74) is 1.65. The molecule has 2 aromatic carbocycles. The number of pyridine rings is 1. The molecule has 0 spiro atoms. The molecular weight excluding hydrogens is 387 g/mol. The van der Waals surface area contributed by atoms with Gasteiger partial charge >= 0.3 is 6.29 Å². The Balaban J connectivity index is 1.61. The van der Waals surface area contributed by atoms with Crippen LogP contribution in [0.1, 0.15) is 15.9 Å². The van der Waals surface area contributed by atoms with Crippen molar-refractivity contribution in [1.82, 2.24) is 4.98 Å². The molecule has 2 heterocycles. The Hall–Kier alpha value is -3.59. The number of hydrogen-bond donors (Lipinski definition) is 1. The maximum absolute atomic E-state index is 13.8. The van der Waals surface area contributed by atoms with Gasteiger partial charge in [0.25, 0.3) is 5.91 Å². The van der Waals surface area contributed by atoms with Crippen molar-refractivity contribution in [2.24, 2.45) is 5.84 Å². The lowest BCUT2D eigenvalue weighted by molar-refractivity contribution is -0.286. The Bertz CT molecular complexity index is 1100. The SMILES string of the molecule is Cc1cc2c(cc1-c1ccc(N(N)C(=O)c3ccccc3F)nc1)OC(F)(F)O2. The molecule has 1 aromatic heterocycles. The highest BCUT2D eigenvalue weighted by Gasteiger charge is 2.43. The Labute approximate surface area is 163 Å². The van der Waals surface area contributed by atoms with Crippen LogP contribution in [0.2, 0.25) is 0 Å². The summed E-state index contributed by atoms with van der Waals surface area (Å²) >= 11 is 0. The Morgan fingerprint density at radius 3 is 2.45 bits per heavy atom. The molecule has 0 fully saturated rings. The number of hydrazine groups is 1. The van der Waals surface area contributed by atoms with Gasteiger partial charge in [0.15, 0.2) is 11.5 Å². The van der Waals surface area contributed by atoms with Gasteiger partial charge in [-0.1, -0.05) is 12.1 Å². The second kappa shape index (κ2) is 6.78. The molecule has 6 nitrogen and oxygen atoms in total. The van der Waals surface area contributed by atoms with E-state index in [1.165, 1.54) is 42.6 Å². The average Bonchev–Trinajstić information content (AvgIpc) is 2.99. The van der Waals surface area contributed by atoms with Crippen molar-refractivity contribution < 1.29 is 27.4 Å². The second-order valence-corrected chi connectivity index (χ2v) is 6.34.